The van der Waals surface area contributed by atoms with Crippen molar-refractivity contribution >= 4 is 58.5 Å². The zero-order valence-corrected chi connectivity index (χ0v) is 16.6. The van der Waals surface area contributed by atoms with Crippen LogP contribution in [0.15, 0.2) is 0 Å². The van der Waals surface area contributed by atoms with Crippen molar-refractivity contribution in [3.8, 4) is 0 Å². The Morgan fingerprint density at radius 3 is 1.19 bits per heavy atom. The van der Waals surface area contributed by atoms with Crippen LogP contribution in [-0.4, -0.2) is 75.9 Å². The van der Waals surface area contributed by atoms with Gasteiger partial charge in [-0.15, -0.1) is 0 Å². The van der Waals surface area contributed by atoms with Gasteiger partial charge in [-0.1, -0.05) is 26.7 Å². The zero-order chi connectivity index (χ0) is 16.4. The van der Waals surface area contributed by atoms with Gasteiger partial charge in [-0.25, -0.2) is 16.8 Å². The Morgan fingerprint density at radius 1 is 0.810 bits per heavy atom. The molecule has 0 aromatic heterocycles. The van der Waals surface area contributed by atoms with Crippen LogP contribution in [0.4, 0.5) is 0 Å². The van der Waals surface area contributed by atoms with Crippen molar-refractivity contribution in [2.75, 3.05) is 0 Å². The summed E-state index contributed by atoms with van der Waals surface area (Å²) in [7, 11) is -8.99. The van der Waals surface area contributed by atoms with Gasteiger partial charge < -0.3 is 9.11 Å². The maximum Gasteiger partial charge on any atom is 2.00 e. The fraction of sp³-hybridized carbons (Fsp3) is 1.00. The minimum Gasteiger partial charge on any atom is -0.726 e. The molecule has 0 rings (SSSR count). The summed E-state index contributed by atoms with van der Waals surface area (Å²) < 4.78 is 67.8. The molecule has 0 aromatic rings. The molecule has 0 aliphatic rings. The van der Waals surface area contributed by atoms with Crippen LogP contribution in [0.2, 0.25) is 0 Å². The second-order valence-electron chi connectivity index (χ2n) is 4.21. The summed E-state index contributed by atoms with van der Waals surface area (Å²) in [5.41, 5.74) is 0. The van der Waals surface area contributed by atoms with Crippen molar-refractivity contribution in [3.05, 3.63) is 0 Å². The zero-order valence-electron chi connectivity index (χ0n) is 12.8. The molecule has 124 valence electrons. The topological polar surface area (TPSA) is 133 Å². The molecule has 0 aliphatic heterocycles. The van der Waals surface area contributed by atoms with Crippen LogP contribution in [0.1, 0.15) is 53.4 Å². The van der Waals surface area contributed by atoms with E-state index in [2.05, 4.69) is 8.37 Å². The van der Waals surface area contributed by atoms with Crippen LogP contribution in [0.3, 0.4) is 0 Å². The molecule has 0 spiro atoms. The van der Waals surface area contributed by atoms with Gasteiger partial charge in [-0.05, 0) is 26.7 Å². The van der Waals surface area contributed by atoms with Gasteiger partial charge in [-0.2, -0.15) is 0 Å². The van der Waals surface area contributed by atoms with Gasteiger partial charge in [0.1, 0.15) is 0 Å². The summed E-state index contributed by atoms with van der Waals surface area (Å²) in [6.45, 7) is 6.88. The molecule has 0 saturated heterocycles. The van der Waals surface area contributed by atoms with Gasteiger partial charge in [-0.3, -0.25) is 8.37 Å². The second kappa shape index (κ2) is 13.4. The molecule has 8 nitrogen and oxygen atoms in total. The standard InChI is InChI=1S/2C5H12O4S.Ca/c2*1-3-4-5(2)9-10(6,7)8;/h2*5H,3-4H2,1-2H3,(H,6,7,8);/q;;+2/p-2. The Morgan fingerprint density at radius 2 is 1.05 bits per heavy atom. The number of rotatable bonds is 8. The first-order valence-electron chi connectivity index (χ1n) is 6.19. The Kier molecular flexibility index (Phi) is 17.2. The van der Waals surface area contributed by atoms with E-state index in [-0.39, 0.29) is 37.7 Å². The normalized spacial score (nSPS) is 14.4. The van der Waals surface area contributed by atoms with Crippen molar-refractivity contribution in [3.63, 3.8) is 0 Å². The average Bonchev–Trinajstić information content (AvgIpc) is 2.12. The summed E-state index contributed by atoms with van der Waals surface area (Å²) in [6, 6.07) is 0. The monoisotopic (exact) mass is 374 g/mol. The third-order valence-corrected chi connectivity index (χ3v) is 3.08. The summed E-state index contributed by atoms with van der Waals surface area (Å²) in [5, 5.41) is 0. The largest absolute Gasteiger partial charge is 2.00 e. The van der Waals surface area contributed by atoms with E-state index in [1.807, 2.05) is 13.8 Å². The molecular formula is C10H22CaO8S2. The van der Waals surface area contributed by atoms with Crippen molar-refractivity contribution in [2.24, 2.45) is 0 Å². The third kappa shape index (κ3) is 26.2. The fourth-order valence-electron chi connectivity index (χ4n) is 1.31. The average molecular weight is 374 g/mol. The molecule has 0 fully saturated rings. The molecule has 2 unspecified atom stereocenters. The molecule has 0 aliphatic carbocycles. The van der Waals surface area contributed by atoms with E-state index in [0.29, 0.717) is 12.8 Å². The van der Waals surface area contributed by atoms with E-state index in [1.54, 1.807) is 13.8 Å². The second-order valence-corrected chi connectivity index (χ2v) is 6.23. The molecule has 21 heavy (non-hydrogen) atoms. The Labute approximate surface area is 157 Å². The van der Waals surface area contributed by atoms with Gasteiger partial charge in [0.05, 0.1) is 12.2 Å². The first kappa shape index (κ1) is 26.9. The van der Waals surface area contributed by atoms with Crippen molar-refractivity contribution in [1.29, 1.82) is 0 Å². The molecule has 0 saturated carbocycles. The Hall–Kier alpha value is 1.000. The summed E-state index contributed by atoms with van der Waals surface area (Å²) in [4.78, 5) is 0. The van der Waals surface area contributed by atoms with Gasteiger partial charge in [0.15, 0.2) is 0 Å². The number of hydrogen-bond acceptors (Lipinski definition) is 8. The van der Waals surface area contributed by atoms with E-state index in [4.69, 9.17) is 0 Å². The SMILES string of the molecule is CCCC(C)OS(=O)(=O)[O-].CCCC(C)OS(=O)(=O)[O-].[Ca+2]. The molecule has 2 atom stereocenters. The maximum absolute atomic E-state index is 9.94. The first-order chi connectivity index (χ1) is 8.91. The molecule has 0 amide bonds. The van der Waals surface area contributed by atoms with E-state index < -0.39 is 33.0 Å². The fourth-order valence-corrected chi connectivity index (χ4v) is 2.31. The van der Waals surface area contributed by atoms with Gasteiger partial charge in [0, 0.05) is 0 Å². The van der Waals surface area contributed by atoms with Crippen LogP contribution in [0.25, 0.3) is 0 Å². The molecule has 0 aromatic carbocycles. The molecule has 0 bridgehead atoms. The van der Waals surface area contributed by atoms with E-state index in [0.717, 1.165) is 12.8 Å². The van der Waals surface area contributed by atoms with Crippen molar-refractivity contribution in [1.82, 2.24) is 0 Å². The van der Waals surface area contributed by atoms with Crippen LogP contribution in [0.5, 0.6) is 0 Å². The smallest absolute Gasteiger partial charge is 0.726 e. The first-order valence-corrected chi connectivity index (χ1v) is 8.86. The Bertz CT molecular complexity index is 392. The van der Waals surface area contributed by atoms with Gasteiger partial charge >= 0.3 is 37.7 Å². The predicted octanol–water partition coefficient (Wildman–Crippen LogP) is 0.923. The molecular weight excluding hydrogens is 352 g/mol. The van der Waals surface area contributed by atoms with E-state index in [1.165, 1.54) is 0 Å². The predicted molar refractivity (Wildman–Crippen MR) is 76.1 cm³/mol. The summed E-state index contributed by atoms with van der Waals surface area (Å²) in [5.74, 6) is 0. The number of hydrogen-bond donors (Lipinski definition) is 0. The van der Waals surface area contributed by atoms with E-state index in [9.17, 15) is 25.9 Å². The van der Waals surface area contributed by atoms with Crippen LogP contribution in [-0.2, 0) is 29.2 Å². The van der Waals surface area contributed by atoms with Gasteiger partial charge in [0.25, 0.3) is 0 Å². The van der Waals surface area contributed by atoms with Gasteiger partial charge in [0.2, 0.25) is 20.8 Å². The minimum absolute atomic E-state index is 0. The molecule has 11 heteroatoms. The van der Waals surface area contributed by atoms with Crippen LogP contribution in [0, 0.1) is 0 Å². The van der Waals surface area contributed by atoms with Crippen molar-refractivity contribution < 1.29 is 34.3 Å². The quantitative estimate of drug-likeness (QED) is 0.348. The summed E-state index contributed by atoms with van der Waals surface area (Å²) >= 11 is 0. The summed E-state index contributed by atoms with van der Waals surface area (Å²) in [6.07, 6.45) is 1.79. The Balaban J connectivity index is -0.000000295. The van der Waals surface area contributed by atoms with Crippen molar-refractivity contribution in [2.45, 2.75) is 65.6 Å². The molecule has 0 N–H and O–H groups in total. The van der Waals surface area contributed by atoms with Crippen LogP contribution >= 0.6 is 0 Å². The molecule has 0 heterocycles. The van der Waals surface area contributed by atoms with E-state index >= 15 is 0 Å². The van der Waals surface area contributed by atoms with Crippen LogP contribution < -0.4 is 0 Å². The maximum atomic E-state index is 9.94. The molecule has 0 radical (unpaired) electrons. The third-order valence-electron chi connectivity index (χ3n) is 1.95. The minimum atomic E-state index is -4.50.